The molecule has 1 rings (SSSR count). The van der Waals surface area contributed by atoms with Crippen molar-refractivity contribution < 1.29 is 8.76 Å². The van der Waals surface area contributed by atoms with Gasteiger partial charge in [-0.1, -0.05) is 13.8 Å². The summed E-state index contributed by atoms with van der Waals surface area (Å²) in [6.07, 6.45) is 1.42. The summed E-state index contributed by atoms with van der Waals surface area (Å²) in [5.74, 6) is 0. The van der Waals surface area contributed by atoms with Gasteiger partial charge < -0.3 is 4.55 Å². The van der Waals surface area contributed by atoms with E-state index in [2.05, 4.69) is 5.10 Å². The summed E-state index contributed by atoms with van der Waals surface area (Å²) < 4.78 is 21.8. The summed E-state index contributed by atoms with van der Waals surface area (Å²) >= 11 is -1.91. The minimum atomic E-state index is -1.91. The van der Waals surface area contributed by atoms with Crippen LogP contribution in [0.4, 0.5) is 0 Å². The molecule has 1 atom stereocenters. The first-order valence-electron chi connectivity index (χ1n) is 4.27. The number of nitrogens with zero attached hydrogens (tertiary/aromatic N) is 2. The number of aryl methyl sites for hydroxylation is 2. The number of hydrogen-bond donors (Lipinski definition) is 1. The monoisotopic (exact) mass is 202 g/mol. The molecule has 0 saturated carbocycles. The molecule has 74 valence electrons. The zero-order chi connectivity index (χ0) is 10.0. The third-order valence-corrected chi connectivity index (χ3v) is 2.85. The molecule has 0 aliphatic heterocycles. The molecule has 0 aromatic carbocycles. The van der Waals surface area contributed by atoms with E-state index < -0.39 is 11.1 Å². The van der Waals surface area contributed by atoms with E-state index in [9.17, 15) is 4.21 Å². The Labute approximate surface area is 80.2 Å². The molecule has 1 N–H and O–H groups in total. The molecule has 0 spiro atoms. The fourth-order valence-electron chi connectivity index (χ4n) is 1.42. The van der Waals surface area contributed by atoms with Gasteiger partial charge in [-0.3, -0.25) is 4.68 Å². The third-order valence-electron chi connectivity index (χ3n) is 2.03. The van der Waals surface area contributed by atoms with Gasteiger partial charge in [-0.25, -0.2) is 4.21 Å². The van der Waals surface area contributed by atoms with Gasteiger partial charge in [0, 0.05) is 7.05 Å². The molecule has 0 aliphatic rings. The van der Waals surface area contributed by atoms with Crippen LogP contribution in [0.1, 0.15) is 25.2 Å². The van der Waals surface area contributed by atoms with E-state index >= 15 is 0 Å². The zero-order valence-corrected chi connectivity index (χ0v) is 8.89. The molecule has 4 nitrogen and oxygen atoms in total. The smallest absolute Gasteiger partial charge is 0.190 e. The Bertz CT molecular complexity index is 333. The molecule has 1 aromatic rings. The Kier molecular flexibility index (Phi) is 3.22. The van der Waals surface area contributed by atoms with Crippen molar-refractivity contribution in [2.75, 3.05) is 0 Å². The van der Waals surface area contributed by atoms with Crippen LogP contribution >= 0.6 is 0 Å². The highest BCUT2D eigenvalue weighted by molar-refractivity contribution is 7.79. The lowest BCUT2D eigenvalue weighted by Gasteiger charge is -1.98. The van der Waals surface area contributed by atoms with E-state index in [1.54, 1.807) is 11.7 Å². The van der Waals surface area contributed by atoms with Crippen molar-refractivity contribution in [1.29, 1.82) is 0 Å². The van der Waals surface area contributed by atoms with Crippen LogP contribution in [0.15, 0.2) is 4.90 Å². The van der Waals surface area contributed by atoms with Gasteiger partial charge in [-0.05, 0) is 12.8 Å². The van der Waals surface area contributed by atoms with E-state index in [4.69, 9.17) is 4.55 Å². The van der Waals surface area contributed by atoms with Crippen molar-refractivity contribution in [3.05, 3.63) is 11.4 Å². The first-order valence-corrected chi connectivity index (χ1v) is 5.38. The Hall–Kier alpha value is -0.680. The van der Waals surface area contributed by atoms with Crippen molar-refractivity contribution in [2.45, 2.75) is 31.6 Å². The van der Waals surface area contributed by atoms with Crippen LogP contribution < -0.4 is 0 Å². The molecule has 0 saturated heterocycles. The molecule has 0 fully saturated rings. The van der Waals surface area contributed by atoms with Crippen LogP contribution in [0.5, 0.6) is 0 Å². The predicted octanol–water partition coefficient (Wildman–Crippen LogP) is 1.13. The fourth-order valence-corrected chi connectivity index (χ4v) is 2.29. The van der Waals surface area contributed by atoms with Gasteiger partial charge in [0.15, 0.2) is 11.1 Å². The number of rotatable bonds is 3. The van der Waals surface area contributed by atoms with E-state index in [0.717, 1.165) is 17.8 Å². The molecule has 5 heteroatoms. The van der Waals surface area contributed by atoms with E-state index in [-0.39, 0.29) is 0 Å². The average molecular weight is 202 g/mol. The van der Waals surface area contributed by atoms with Gasteiger partial charge in [0.05, 0.1) is 11.4 Å². The highest BCUT2D eigenvalue weighted by atomic mass is 32.2. The lowest BCUT2D eigenvalue weighted by atomic mass is 10.2. The van der Waals surface area contributed by atoms with Crippen LogP contribution in [0, 0.1) is 0 Å². The zero-order valence-electron chi connectivity index (χ0n) is 8.07. The maximum atomic E-state index is 11.0. The third kappa shape index (κ3) is 1.81. The van der Waals surface area contributed by atoms with E-state index in [0.29, 0.717) is 11.3 Å². The largest absolute Gasteiger partial charge is 0.302 e. The second-order valence-corrected chi connectivity index (χ2v) is 3.71. The maximum absolute atomic E-state index is 11.0. The van der Waals surface area contributed by atoms with Crippen LogP contribution in [-0.4, -0.2) is 18.5 Å². The molecule has 1 unspecified atom stereocenters. The summed E-state index contributed by atoms with van der Waals surface area (Å²) in [6, 6.07) is 0. The van der Waals surface area contributed by atoms with Gasteiger partial charge in [0.1, 0.15) is 4.90 Å². The first-order chi connectivity index (χ1) is 6.11. The normalized spacial score (nSPS) is 13.2. The van der Waals surface area contributed by atoms with Crippen molar-refractivity contribution in [1.82, 2.24) is 9.78 Å². The Morgan fingerprint density at radius 2 is 2.08 bits per heavy atom. The Morgan fingerprint density at radius 3 is 2.46 bits per heavy atom. The lowest BCUT2D eigenvalue weighted by molar-refractivity contribution is 0.561. The van der Waals surface area contributed by atoms with Crippen LogP contribution in [-0.2, 0) is 31.0 Å². The van der Waals surface area contributed by atoms with E-state index in [1.165, 1.54) is 0 Å². The summed E-state index contributed by atoms with van der Waals surface area (Å²) in [4.78, 5) is 0.493. The molecule has 1 aromatic heterocycles. The topological polar surface area (TPSA) is 55.1 Å². The van der Waals surface area contributed by atoms with Crippen LogP contribution in [0.25, 0.3) is 0 Å². The molecule has 0 bridgehead atoms. The Balaban J connectivity index is 3.32. The molecule has 1 heterocycles. The quantitative estimate of drug-likeness (QED) is 0.747. The van der Waals surface area contributed by atoms with Crippen molar-refractivity contribution in [2.24, 2.45) is 7.05 Å². The van der Waals surface area contributed by atoms with Crippen molar-refractivity contribution >= 4 is 11.1 Å². The highest BCUT2D eigenvalue weighted by Crippen LogP contribution is 2.18. The van der Waals surface area contributed by atoms with Crippen molar-refractivity contribution in [3.63, 3.8) is 0 Å². The molecule has 0 aliphatic carbocycles. The summed E-state index contributed by atoms with van der Waals surface area (Å²) in [7, 11) is 1.80. The summed E-state index contributed by atoms with van der Waals surface area (Å²) in [6.45, 7) is 3.88. The molecular weight excluding hydrogens is 188 g/mol. The SMILES string of the molecule is CCc1nn(C)c(CC)c1S(=O)O. The standard InChI is InChI=1S/C8H14N2O2S/c1-4-6-8(13(11)12)7(5-2)10(3)9-6/h4-5H2,1-3H3,(H,11,12). The minimum absolute atomic E-state index is 0.493. The minimum Gasteiger partial charge on any atom is -0.302 e. The van der Waals surface area contributed by atoms with Gasteiger partial charge >= 0.3 is 0 Å². The maximum Gasteiger partial charge on any atom is 0.190 e. The summed E-state index contributed by atoms with van der Waals surface area (Å²) in [5.41, 5.74) is 1.57. The average Bonchev–Trinajstić information content (AvgIpc) is 2.41. The Morgan fingerprint density at radius 1 is 1.46 bits per heavy atom. The number of aromatic nitrogens is 2. The molecule has 0 amide bonds. The molecule has 0 radical (unpaired) electrons. The second kappa shape index (κ2) is 4.02. The second-order valence-electron chi connectivity index (χ2n) is 2.80. The van der Waals surface area contributed by atoms with E-state index in [1.807, 2.05) is 13.8 Å². The van der Waals surface area contributed by atoms with Crippen LogP contribution in [0.3, 0.4) is 0 Å². The predicted molar refractivity (Wildman–Crippen MR) is 51.0 cm³/mol. The van der Waals surface area contributed by atoms with Crippen molar-refractivity contribution in [3.8, 4) is 0 Å². The van der Waals surface area contributed by atoms with Crippen LogP contribution in [0.2, 0.25) is 0 Å². The van der Waals surface area contributed by atoms with Gasteiger partial charge in [-0.15, -0.1) is 0 Å². The molecule has 13 heavy (non-hydrogen) atoms. The van der Waals surface area contributed by atoms with Gasteiger partial charge in [0.2, 0.25) is 0 Å². The lowest BCUT2D eigenvalue weighted by Crippen LogP contribution is -1.99. The van der Waals surface area contributed by atoms with Gasteiger partial charge in [0.25, 0.3) is 0 Å². The first kappa shape index (κ1) is 10.4. The fraction of sp³-hybridized carbons (Fsp3) is 0.625. The number of hydrogen-bond acceptors (Lipinski definition) is 2. The highest BCUT2D eigenvalue weighted by Gasteiger charge is 2.17. The summed E-state index contributed by atoms with van der Waals surface area (Å²) in [5, 5.41) is 4.18. The molecular formula is C8H14N2O2S. The van der Waals surface area contributed by atoms with Gasteiger partial charge in [-0.2, -0.15) is 5.10 Å².